The number of rotatable bonds is 2. The number of hydrogen-bond acceptors (Lipinski definition) is 3. The van der Waals surface area contributed by atoms with Crippen molar-refractivity contribution in [1.29, 1.82) is 0 Å². The number of fused-ring (bicyclic) bond motifs is 1. The molecule has 23 heavy (non-hydrogen) atoms. The second kappa shape index (κ2) is 5.46. The lowest BCUT2D eigenvalue weighted by molar-refractivity contribution is -0.180. The summed E-state index contributed by atoms with van der Waals surface area (Å²) in [5.41, 5.74) is 1.11. The maximum absolute atomic E-state index is 12.6. The van der Waals surface area contributed by atoms with Crippen molar-refractivity contribution < 1.29 is 27.8 Å². The second-order valence-electron chi connectivity index (χ2n) is 5.07. The topological polar surface area (TPSA) is 46.5 Å². The summed E-state index contributed by atoms with van der Waals surface area (Å²) >= 11 is 0. The molecule has 3 rings (SSSR count). The van der Waals surface area contributed by atoms with E-state index in [0.717, 1.165) is 6.08 Å². The molecule has 0 aromatic heterocycles. The third-order valence-electron chi connectivity index (χ3n) is 3.43. The van der Waals surface area contributed by atoms with Gasteiger partial charge in [0.1, 0.15) is 11.5 Å². The van der Waals surface area contributed by atoms with Crippen LogP contribution in [-0.2, 0) is 0 Å². The summed E-state index contributed by atoms with van der Waals surface area (Å²) in [5, 5.41) is 9.23. The minimum absolute atomic E-state index is 0.0431. The fraction of sp³-hybridized carbons (Fsp3) is 0.118. The highest BCUT2D eigenvalue weighted by Crippen LogP contribution is 2.33. The fourth-order valence-corrected chi connectivity index (χ4v) is 2.25. The summed E-state index contributed by atoms with van der Waals surface area (Å²) in [5.74, 6) is -0.169. The van der Waals surface area contributed by atoms with Gasteiger partial charge >= 0.3 is 6.18 Å². The van der Waals surface area contributed by atoms with E-state index >= 15 is 0 Å². The Bertz CT molecular complexity index is 777. The minimum atomic E-state index is -4.48. The SMILES string of the molecule is O=C(c1ccc(O)cc1)c1ccc2c(c1)C=CC(C(F)(F)F)O2. The summed E-state index contributed by atoms with van der Waals surface area (Å²) in [6, 6.07) is 9.98. The van der Waals surface area contributed by atoms with Crippen LogP contribution in [0.2, 0.25) is 0 Å². The number of hydrogen-bond donors (Lipinski definition) is 1. The number of alkyl halides is 3. The van der Waals surface area contributed by atoms with E-state index < -0.39 is 12.3 Å². The number of ether oxygens (including phenoxy) is 1. The Balaban J connectivity index is 1.88. The summed E-state index contributed by atoms with van der Waals surface area (Å²) in [6.07, 6.45) is -4.25. The van der Waals surface area contributed by atoms with Crippen molar-refractivity contribution in [1.82, 2.24) is 0 Å². The largest absolute Gasteiger partial charge is 0.508 e. The molecule has 0 bridgehead atoms. The zero-order chi connectivity index (χ0) is 16.6. The van der Waals surface area contributed by atoms with Crippen LogP contribution in [0.1, 0.15) is 21.5 Å². The molecule has 0 saturated heterocycles. The molecule has 0 radical (unpaired) electrons. The van der Waals surface area contributed by atoms with E-state index in [2.05, 4.69) is 0 Å². The lowest BCUT2D eigenvalue weighted by atomic mass is 9.99. The third-order valence-corrected chi connectivity index (χ3v) is 3.43. The highest BCUT2D eigenvalue weighted by Gasteiger charge is 2.41. The first kappa shape index (κ1) is 15.1. The quantitative estimate of drug-likeness (QED) is 0.852. The van der Waals surface area contributed by atoms with Gasteiger partial charge in [-0.3, -0.25) is 4.79 Å². The summed E-state index contributed by atoms with van der Waals surface area (Å²) in [7, 11) is 0. The number of carbonyl (C=O) groups excluding carboxylic acids is 1. The molecule has 2 aromatic carbocycles. The minimum Gasteiger partial charge on any atom is -0.508 e. The van der Waals surface area contributed by atoms with Crippen molar-refractivity contribution >= 4 is 11.9 Å². The Kier molecular flexibility index (Phi) is 3.60. The summed E-state index contributed by atoms with van der Waals surface area (Å²) in [6.45, 7) is 0. The smallest absolute Gasteiger partial charge is 0.429 e. The van der Waals surface area contributed by atoms with E-state index in [1.165, 1.54) is 48.5 Å². The maximum atomic E-state index is 12.6. The maximum Gasteiger partial charge on any atom is 0.429 e. The normalized spacial score (nSPS) is 16.6. The Labute approximate surface area is 129 Å². The van der Waals surface area contributed by atoms with E-state index in [0.29, 0.717) is 16.7 Å². The highest BCUT2D eigenvalue weighted by molar-refractivity contribution is 6.09. The summed E-state index contributed by atoms with van der Waals surface area (Å²) in [4.78, 5) is 12.3. The molecule has 0 aliphatic carbocycles. The number of ketones is 1. The average Bonchev–Trinajstić information content (AvgIpc) is 2.53. The van der Waals surface area contributed by atoms with E-state index in [9.17, 15) is 23.1 Å². The molecular formula is C17H11F3O3. The number of aromatic hydroxyl groups is 1. The number of phenolic OH excluding ortho intramolecular Hbond substituents is 1. The van der Waals surface area contributed by atoms with Gasteiger partial charge < -0.3 is 9.84 Å². The van der Waals surface area contributed by atoms with Crippen LogP contribution in [0, 0.1) is 0 Å². The summed E-state index contributed by atoms with van der Waals surface area (Å²) < 4.78 is 42.8. The molecule has 1 aliphatic rings. The Morgan fingerprint density at radius 1 is 1.04 bits per heavy atom. The Morgan fingerprint density at radius 3 is 2.35 bits per heavy atom. The van der Waals surface area contributed by atoms with Crippen molar-refractivity contribution in [3.63, 3.8) is 0 Å². The number of benzene rings is 2. The molecule has 118 valence electrons. The number of halogens is 3. The van der Waals surface area contributed by atoms with Crippen LogP contribution in [0.5, 0.6) is 11.5 Å². The van der Waals surface area contributed by atoms with Crippen LogP contribution in [0.4, 0.5) is 13.2 Å². The van der Waals surface area contributed by atoms with Crippen LogP contribution < -0.4 is 4.74 Å². The molecule has 1 unspecified atom stereocenters. The zero-order valence-corrected chi connectivity index (χ0v) is 11.7. The van der Waals surface area contributed by atoms with Gasteiger partial charge in [-0.1, -0.05) is 6.08 Å². The molecule has 1 heterocycles. The average molecular weight is 320 g/mol. The molecule has 2 aromatic rings. The van der Waals surface area contributed by atoms with Gasteiger partial charge in [0.25, 0.3) is 0 Å². The molecule has 1 atom stereocenters. The van der Waals surface area contributed by atoms with Gasteiger partial charge in [0.05, 0.1) is 0 Å². The van der Waals surface area contributed by atoms with Crippen molar-refractivity contribution in [2.75, 3.05) is 0 Å². The lowest BCUT2D eigenvalue weighted by Crippen LogP contribution is -2.33. The first-order valence-corrected chi connectivity index (χ1v) is 6.74. The predicted molar refractivity (Wildman–Crippen MR) is 77.5 cm³/mol. The van der Waals surface area contributed by atoms with E-state index in [1.54, 1.807) is 0 Å². The standard InChI is InChI=1S/C17H11F3O3/c18-17(19,20)15-8-4-11-9-12(3-7-14(11)23-15)16(22)10-1-5-13(21)6-2-10/h1-9,15,21H. The van der Waals surface area contributed by atoms with Crippen LogP contribution in [0.25, 0.3) is 6.08 Å². The van der Waals surface area contributed by atoms with E-state index in [-0.39, 0.29) is 17.3 Å². The lowest BCUT2D eigenvalue weighted by Gasteiger charge is -2.23. The monoisotopic (exact) mass is 320 g/mol. The van der Waals surface area contributed by atoms with Gasteiger partial charge in [-0.15, -0.1) is 0 Å². The van der Waals surface area contributed by atoms with Crippen LogP contribution in [-0.4, -0.2) is 23.2 Å². The van der Waals surface area contributed by atoms with Gasteiger partial charge in [0.15, 0.2) is 5.78 Å². The van der Waals surface area contributed by atoms with Gasteiger partial charge in [-0.2, -0.15) is 13.2 Å². The van der Waals surface area contributed by atoms with Gasteiger partial charge in [0, 0.05) is 16.7 Å². The Hall–Kier alpha value is -2.76. The molecule has 1 aliphatic heterocycles. The molecule has 1 N–H and O–H groups in total. The van der Waals surface area contributed by atoms with Crippen LogP contribution in [0.15, 0.2) is 48.5 Å². The van der Waals surface area contributed by atoms with Crippen LogP contribution >= 0.6 is 0 Å². The van der Waals surface area contributed by atoms with Crippen molar-refractivity contribution in [3.8, 4) is 11.5 Å². The zero-order valence-electron chi connectivity index (χ0n) is 11.7. The van der Waals surface area contributed by atoms with Gasteiger partial charge in [0.2, 0.25) is 6.10 Å². The van der Waals surface area contributed by atoms with Gasteiger partial charge in [-0.05, 0) is 48.5 Å². The highest BCUT2D eigenvalue weighted by atomic mass is 19.4. The molecule has 0 spiro atoms. The van der Waals surface area contributed by atoms with Crippen molar-refractivity contribution in [2.24, 2.45) is 0 Å². The number of phenols is 1. The predicted octanol–water partition coefficient (Wildman–Crippen LogP) is 3.96. The number of carbonyl (C=O) groups is 1. The van der Waals surface area contributed by atoms with Crippen molar-refractivity contribution in [2.45, 2.75) is 12.3 Å². The first-order valence-electron chi connectivity index (χ1n) is 6.74. The molecule has 0 saturated carbocycles. The molecule has 3 nitrogen and oxygen atoms in total. The second-order valence-corrected chi connectivity index (χ2v) is 5.07. The molecule has 0 amide bonds. The third kappa shape index (κ3) is 3.06. The van der Waals surface area contributed by atoms with E-state index in [1.807, 2.05) is 0 Å². The van der Waals surface area contributed by atoms with E-state index in [4.69, 9.17) is 4.74 Å². The van der Waals surface area contributed by atoms with Crippen molar-refractivity contribution in [3.05, 3.63) is 65.2 Å². The first-order chi connectivity index (χ1) is 10.8. The van der Waals surface area contributed by atoms with Gasteiger partial charge in [-0.25, -0.2) is 0 Å². The Morgan fingerprint density at radius 2 is 1.70 bits per heavy atom. The molecule has 6 heteroatoms. The van der Waals surface area contributed by atoms with Crippen LogP contribution in [0.3, 0.4) is 0 Å². The fourth-order valence-electron chi connectivity index (χ4n) is 2.25. The molecular weight excluding hydrogens is 309 g/mol. The molecule has 0 fully saturated rings.